The van der Waals surface area contributed by atoms with E-state index in [2.05, 4.69) is 16.4 Å². The zero-order chi connectivity index (χ0) is 6.81. The summed E-state index contributed by atoms with van der Waals surface area (Å²) in [4.78, 5) is 4.20. The van der Waals surface area contributed by atoms with Crippen LogP contribution in [0, 0.1) is 0 Å². The van der Waals surface area contributed by atoms with Gasteiger partial charge in [-0.05, 0) is 18.2 Å². The number of rotatable bonds is 0. The lowest BCUT2D eigenvalue weighted by atomic mass is 10.0. The first-order valence-corrected chi connectivity index (χ1v) is 3.57. The second-order valence-electron chi connectivity index (χ2n) is 2.56. The predicted molar refractivity (Wildman–Crippen MR) is 41.9 cm³/mol. The fourth-order valence-electron chi connectivity index (χ4n) is 1.28. The van der Waals surface area contributed by atoms with E-state index in [1.54, 1.807) is 0 Å². The second kappa shape index (κ2) is 2.29. The van der Waals surface area contributed by atoms with Gasteiger partial charge in [-0.15, -0.1) is 0 Å². The maximum absolute atomic E-state index is 4.20. The zero-order valence-electron chi connectivity index (χ0n) is 5.80. The molecular formula is C8H10N2. The van der Waals surface area contributed by atoms with Gasteiger partial charge in [0.05, 0.1) is 6.54 Å². The summed E-state index contributed by atoms with van der Waals surface area (Å²) in [5.74, 6) is 0. The van der Waals surface area contributed by atoms with Crippen LogP contribution in [0.25, 0.3) is 0 Å². The second-order valence-corrected chi connectivity index (χ2v) is 2.56. The Balaban J connectivity index is 2.19. The van der Waals surface area contributed by atoms with E-state index in [-0.39, 0.29) is 0 Å². The fourth-order valence-corrected chi connectivity index (χ4v) is 1.28. The highest BCUT2D eigenvalue weighted by atomic mass is 14.9. The molecule has 2 aliphatic heterocycles. The molecule has 0 spiro atoms. The van der Waals surface area contributed by atoms with Crippen LogP contribution in [0.15, 0.2) is 28.5 Å². The molecule has 0 aromatic rings. The van der Waals surface area contributed by atoms with Gasteiger partial charge in [-0.25, -0.2) is 0 Å². The molecule has 0 aliphatic carbocycles. The first-order valence-electron chi connectivity index (χ1n) is 3.57. The molecule has 2 heteroatoms. The van der Waals surface area contributed by atoms with Crippen molar-refractivity contribution in [2.75, 3.05) is 6.54 Å². The van der Waals surface area contributed by atoms with E-state index in [1.807, 2.05) is 12.4 Å². The Labute approximate surface area is 60.3 Å². The molecule has 2 aliphatic rings. The summed E-state index contributed by atoms with van der Waals surface area (Å²) < 4.78 is 0. The van der Waals surface area contributed by atoms with Gasteiger partial charge < -0.3 is 5.32 Å². The molecule has 2 nitrogen and oxygen atoms in total. The number of hydrogen-bond donors (Lipinski definition) is 1. The number of dihydropyridines is 2. The van der Waals surface area contributed by atoms with Crippen LogP contribution in [0.5, 0.6) is 0 Å². The van der Waals surface area contributed by atoms with Crippen LogP contribution in [0.2, 0.25) is 0 Å². The molecule has 2 heterocycles. The van der Waals surface area contributed by atoms with Crippen LogP contribution >= 0.6 is 0 Å². The van der Waals surface area contributed by atoms with Crippen LogP contribution < -0.4 is 5.32 Å². The average Bonchev–Trinajstić information content (AvgIpc) is 2.05. The van der Waals surface area contributed by atoms with Gasteiger partial charge >= 0.3 is 0 Å². The summed E-state index contributed by atoms with van der Waals surface area (Å²) in [6.45, 7) is 0.896. The Kier molecular flexibility index (Phi) is 1.31. The van der Waals surface area contributed by atoms with Crippen molar-refractivity contribution >= 4 is 6.21 Å². The van der Waals surface area contributed by atoms with Crippen LogP contribution in [0.1, 0.15) is 12.8 Å². The molecule has 52 valence electrons. The van der Waals surface area contributed by atoms with Gasteiger partial charge in [-0.3, -0.25) is 4.99 Å². The number of nitrogens with one attached hydrogen (secondary N) is 1. The van der Waals surface area contributed by atoms with Gasteiger partial charge in [0.2, 0.25) is 0 Å². The van der Waals surface area contributed by atoms with E-state index in [0.29, 0.717) is 0 Å². The average molecular weight is 134 g/mol. The lowest BCUT2D eigenvalue weighted by molar-refractivity contribution is 0.867. The van der Waals surface area contributed by atoms with Gasteiger partial charge in [0.15, 0.2) is 0 Å². The highest BCUT2D eigenvalue weighted by molar-refractivity contribution is 5.64. The Morgan fingerprint density at radius 1 is 1.40 bits per heavy atom. The smallest absolute Gasteiger partial charge is 0.0618 e. The predicted octanol–water partition coefficient (Wildman–Crippen LogP) is 1.22. The van der Waals surface area contributed by atoms with Crippen LogP contribution in [0.3, 0.4) is 0 Å². The summed E-state index contributed by atoms with van der Waals surface area (Å²) >= 11 is 0. The van der Waals surface area contributed by atoms with E-state index in [9.17, 15) is 0 Å². The highest BCUT2D eigenvalue weighted by Gasteiger charge is 2.09. The van der Waals surface area contributed by atoms with E-state index < -0.39 is 0 Å². The van der Waals surface area contributed by atoms with Crippen LogP contribution in [-0.2, 0) is 0 Å². The summed E-state index contributed by atoms with van der Waals surface area (Å²) in [6, 6.07) is 0. The van der Waals surface area contributed by atoms with Gasteiger partial charge in [0.1, 0.15) is 0 Å². The van der Waals surface area contributed by atoms with E-state index in [0.717, 1.165) is 19.4 Å². The first kappa shape index (κ1) is 5.71. The van der Waals surface area contributed by atoms with Crippen molar-refractivity contribution in [3.8, 4) is 0 Å². The standard InChI is InChI=1S/C8H10N2/c1-2-7-6-9-5-3-8(7)10-4-1/h1,4-5,10H,2-3,6H2. The summed E-state index contributed by atoms with van der Waals surface area (Å²) in [7, 11) is 0. The molecule has 1 N–H and O–H groups in total. The summed E-state index contributed by atoms with van der Waals surface area (Å²) in [5.41, 5.74) is 2.81. The minimum Gasteiger partial charge on any atom is -0.365 e. The lowest BCUT2D eigenvalue weighted by Crippen LogP contribution is -2.16. The fraction of sp³-hybridized carbons (Fsp3) is 0.375. The quantitative estimate of drug-likeness (QED) is 0.529. The topological polar surface area (TPSA) is 24.4 Å². The van der Waals surface area contributed by atoms with Crippen molar-refractivity contribution in [3.05, 3.63) is 23.5 Å². The summed E-state index contributed by atoms with van der Waals surface area (Å²) in [5, 5.41) is 3.23. The molecule has 0 atom stereocenters. The Morgan fingerprint density at radius 2 is 2.40 bits per heavy atom. The monoisotopic (exact) mass is 134 g/mol. The minimum absolute atomic E-state index is 0.896. The molecule has 0 saturated heterocycles. The van der Waals surface area contributed by atoms with Crippen LogP contribution in [0.4, 0.5) is 0 Å². The Morgan fingerprint density at radius 3 is 3.30 bits per heavy atom. The normalized spacial score (nSPS) is 22.4. The third-order valence-corrected chi connectivity index (χ3v) is 1.87. The molecule has 0 fully saturated rings. The molecule has 0 bridgehead atoms. The van der Waals surface area contributed by atoms with Crippen molar-refractivity contribution in [2.45, 2.75) is 12.8 Å². The molecule has 0 unspecified atom stereocenters. The summed E-state index contributed by atoms with van der Waals surface area (Å²) in [6.07, 6.45) is 8.20. The number of allylic oxidation sites excluding steroid dienone is 2. The molecule has 0 aromatic carbocycles. The van der Waals surface area contributed by atoms with Gasteiger partial charge in [-0.2, -0.15) is 0 Å². The molecule has 0 saturated carbocycles. The van der Waals surface area contributed by atoms with Crippen molar-refractivity contribution < 1.29 is 0 Å². The molecule has 0 aromatic heterocycles. The van der Waals surface area contributed by atoms with Gasteiger partial charge in [0.25, 0.3) is 0 Å². The van der Waals surface area contributed by atoms with Crippen molar-refractivity contribution in [1.82, 2.24) is 5.32 Å². The number of nitrogens with zero attached hydrogens (tertiary/aromatic N) is 1. The number of aliphatic imine (C=N–C) groups is 1. The van der Waals surface area contributed by atoms with E-state index in [1.165, 1.54) is 11.3 Å². The molecule has 0 amide bonds. The zero-order valence-corrected chi connectivity index (χ0v) is 5.80. The van der Waals surface area contributed by atoms with Crippen molar-refractivity contribution in [3.63, 3.8) is 0 Å². The van der Waals surface area contributed by atoms with E-state index in [4.69, 9.17) is 0 Å². The maximum Gasteiger partial charge on any atom is 0.0618 e. The molecular weight excluding hydrogens is 124 g/mol. The maximum atomic E-state index is 4.20. The minimum atomic E-state index is 0.896. The third-order valence-electron chi connectivity index (χ3n) is 1.87. The number of hydrogen-bond acceptors (Lipinski definition) is 2. The first-order chi connectivity index (χ1) is 4.97. The Bertz CT molecular complexity index is 179. The molecule has 2 rings (SSSR count). The van der Waals surface area contributed by atoms with Gasteiger partial charge in [0, 0.05) is 18.3 Å². The Hall–Kier alpha value is -1.05. The third kappa shape index (κ3) is 0.856. The van der Waals surface area contributed by atoms with Gasteiger partial charge in [-0.1, -0.05) is 6.08 Å². The largest absolute Gasteiger partial charge is 0.365 e. The van der Waals surface area contributed by atoms with Crippen LogP contribution in [-0.4, -0.2) is 12.8 Å². The SMILES string of the molecule is C1=CNC2=C(C1)CN=CC2. The molecule has 0 radical (unpaired) electrons. The lowest BCUT2D eigenvalue weighted by Gasteiger charge is -2.18. The van der Waals surface area contributed by atoms with Crippen molar-refractivity contribution in [1.29, 1.82) is 0 Å². The highest BCUT2D eigenvalue weighted by Crippen LogP contribution is 2.17. The van der Waals surface area contributed by atoms with Crippen molar-refractivity contribution in [2.24, 2.45) is 4.99 Å². The van der Waals surface area contributed by atoms with E-state index >= 15 is 0 Å². The molecule has 10 heavy (non-hydrogen) atoms.